The number of nitrogens with zero attached hydrogens (tertiary/aromatic N) is 3. The molecule has 0 aliphatic carbocycles. The number of aromatic nitrogens is 3. The van der Waals surface area contributed by atoms with Crippen LogP contribution in [0, 0.1) is 0 Å². The minimum atomic E-state index is -0.265. The molecule has 1 aromatic carbocycles. The van der Waals surface area contributed by atoms with E-state index in [0.29, 0.717) is 22.6 Å². The summed E-state index contributed by atoms with van der Waals surface area (Å²) < 4.78 is 1.98. The molecule has 0 atom stereocenters. The van der Waals surface area contributed by atoms with Gasteiger partial charge in [0.15, 0.2) is 4.80 Å². The Morgan fingerprint density at radius 3 is 2.96 bits per heavy atom. The molecule has 1 amide bonds. The first-order valence-corrected chi connectivity index (χ1v) is 8.38. The molecule has 5 nitrogen and oxygen atoms in total. The van der Waals surface area contributed by atoms with Crippen molar-refractivity contribution in [3.8, 4) is 0 Å². The lowest BCUT2D eigenvalue weighted by Crippen LogP contribution is -2.17. The molecule has 24 heavy (non-hydrogen) atoms. The van der Waals surface area contributed by atoms with Crippen molar-refractivity contribution in [2.45, 2.75) is 6.54 Å². The second kappa shape index (κ2) is 6.25. The number of hydrogen-bond acceptors (Lipinski definition) is 3. The monoisotopic (exact) mass is 334 g/mol. The Labute approximate surface area is 142 Å². The van der Waals surface area contributed by atoms with E-state index in [2.05, 4.69) is 27.1 Å². The van der Waals surface area contributed by atoms with Gasteiger partial charge in [-0.05, 0) is 17.7 Å². The minimum absolute atomic E-state index is 0.265. The molecule has 0 aliphatic heterocycles. The maximum atomic E-state index is 12.6. The highest BCUT2D eigenvalue weighted by atomic mass is 32.1. The number of fused-ring (bicyclic) bond motifs is 1. The highest BCUT2D eigenvalue weighted by Crippen LogP contribution is 2.16. The smallest absolute Gasteiger partial charge is 0.281 e. The number of nitrogens with one attached hydrogen (secondary N) is 1. The second-order valence-electron chi connectivity index (χ2n) is 5.32. The molecule has 0 unspecified atom stereocenters. The normalized spacial score (nSPS) is 11.9. The Kier molecular flexibility index (Phi) is 3.80. The standard InChI is InChI=1S/C18H14N4OS/c23-17(15-11-20-16-14(15)7-4-8-19-16)21-18-22(9-10-24-18)12-13-5-2-1-3-6-13/h1-11H,12H2,(H,19,20). The maximum Gasteiger partial charge on any atom is 0.281 e. The summed E-state index contributed by atoms with van der Waals surface area (Å²) >= 11 is 1.45. The number of pyridine rings is 1. The Morgan fingerprint density at radius 2 is 2.08 bits per heavy atom. The third-order valence-corrected chi connectivity index (χ3v) is 4.53. The molecule has 4 rings (SSSR count). The zero-order chi connectivity index (χ0) is 16.4. The lowest BCUT2D eigenvalue weighted by molar-refractivity contribution is 0.0999. The molecular weight excluding hydrogens is 320 g/mol. The molecule has 1 N–H and O–H groups in total. The lowest BCUT2D eigenvalue weighted by atomic mass is 10.2. The van der Waals surface area contributed by atoms with Gasteiger partial charge in [-0.15, -0.1) is 11.3 Å². The molecule has 3 aromatic heterocycles. The summed E-state index contributed by atoms with van der Waals surface area (Å²) in [6.07, 6.45) is 5.30. The van der Waals surface area contributed by atoms with Crippen LogP contribution in [0.15, 0.2) is 71.4 Å². The zero-order valence-corrected chi connectivity index (χ0v) is 13.5. The first-order chi connectivity index (χ1) is 11.8. The zero-order valence-electron chi connectivity index (χ0n) is 12.7. The Hall–Kier alpha value is -2.99. The van der Waals surface area contributed by atoms with E-state index in [0.717, 1.165) is 5.39 Å². The van der Waals surface area contributed by atoms with Gasteiger partial charge in [0.2, 0.25) is 0 Å². The van der Waals surface area contributed by atoms with Crippen molar-refractivity contribution in [3.63, 3.8) is 0 Å². The molecule has 0 aliphatic rings. The van der Waals surface area contributed by atoms with Crippen molar-refractivity contribution in [3.05, 3.63) is 82.4 Å². The number of rotatable bonds is 3. The molecule has 0 spiro atoms. The number of carbonyl (C=O) groups excluding carboxylic acids is 1. The van der Waals surface area contributed by atoms with E-state index >= 15 is 0 Å². The fraction of sp³-hybridized carbons (Fsp3) is 0.0556. The first kappa shape index (κ1) is 14.6. The van der Waals surface area contributed by atoms with Crippen LogP contribution >= 0.6 is 11.3 Å². The molecule has 6 heteroatoms. The lowest BCUT2D eigenvalue weighted by Gasteiger charge is -2.02. The summed E-state index contributed by atoms with van der Waals surface area (Å²) in [5.41, 5.74) is 2.40. The largest absolute Gasteiger partial charge is 0.345 e. The van der Waals surface area contributed by atoms with Crippen LogP contribution in [0.3, 0.4) is 0 Å². The quantitative estimate of drug-likeness (QED) is 0.625. The van der Waals surface area contributed by atoms with Gasteiger partial charge in [0.1, 0.15) is 5.65 Å². The summed E-state index contributed by atoms with van der Waals surface area (Å²) in [6, 6.07) is 13.8. The van der Waals surface area contributed by atoms with Crippen LogP contribution in [-0.2, 0) is 6.54 Å². The Morgan fingerprint density at radius 1 is 1.21 bits per heavy atom. The Balaban J connectivity index is 1.69. The van der Waals surface area contributed by atoms with Gasteiger partial charge in [0, 0.05) is 35.9 Å². The molecule has 0 fully saturated rings. The van der Waals surface area contributed by atoms with Crippen molar-refractivity contribution in [1.29, 1.82) is 0 Å². The number of benzene rings is 1. The number of thiazole rings is 1. The molecule has 0 radical (unpaired) electrons. The number of amides is 1. The van der Waals surface area contributed by atoms with Crippen molar-refractivity contribution in [2.24, 2.45) is 4.99 Å². The van der Waals surface area contributed by atoms with Crippen molar-refractivity contribution < 1.29 is 4.79 Å². The van der Waals surface area contributed by atoms with Crippen LogP contribution in [-0.4, -0.2) is 20.4 Å². The van der Waals surface area contributed by atoms with Gasteiger partial charge in [0.05, 0.1) is 5.56 Å². The average molecular weight is 334 g/mol. The third kappa shape index (κ3) is 2.79. The SMILES string of the molecule is O=C(N=c1sccn1Cc1ccccc1)c1c[nH]c2ncccc12. The van der Waals surface area contributed by atoms with Gasteiger partial charge in [0.25, 0.3) is 5.91 Å². The molecule has 118 valence electrons. The summed E-state index contributed by atoms with van der Waals surface area (Å²) in [6.45, 7) is 0.686. The summed E-state index contributed by atoms with van der Waals surface area (Å²) in [5, 5.41) is 2.73. The van der Waals surface area contributed by atoms with Gasteiger partial charge in [-0.25, -0.2) is 4.98 Å². The van der Waals surface area contributed by atoms with Crippen molar-refractivity contribution >= 4 is 28.3 Å². The summed E-state index contributed by atoms with van der Waals surface area (Å²) in [5.74, 6) is -0.265. The van der Waals surface area contributed by atoms with Crippen LogP contribution in [0.1, 0.15) is 15.9 Å². The van der Waals surface area contributed by atoms with Gasteiger partial charge in [-0.1, -0.05) is 30.3 Å². The molecule has 0 bridgehead atoms. The van der Waals surface area contributed by atoms with E-state index in [-0.39, 0.29) is 5.91 Å². The summed E-state index contributed by atoms with van der Waals surface area (Å²) in [7, 11) is 0. The maximum absolute atomic E-state index is 12.6. The van der Waals surface area contributed by atoms with Crippen LogP contribution in [0.25, 0.3) is 11.0 Å². The van der Waals surface area contributed by atoms with Gasteiger partial charge in [-0.2, -0.15) is 4.99 Å². The predicted molar refractivity (Wildman–Crippen MR) is 93.8 cm³/mol. The van der Waals surface area contributed by atoms with Crippen LogP contribution in [0.2, 0.25) is 0 Å². The van der Waals surface area contributed by atoms with Crippen molar-refractivity contribution in [2.75, 3.05) is 0 Å². The minimum Gasteiger partial charge on any atom is -0.345 e. The predicted octanol–water partition coefficient (Wildman–Crippen LogP) is 3.22. The number of aromatic amines is 1. The van der Waals surface area contributed by atoms with Crippen LogP contribution in [0.5, 0.6) is 0 Å². The summed E-state index contributed by atoms with van der Waals surface area (Å²) in [4.78, 5) is 24.8. The van der Waals surface area contributed by atoms with Crippen LogP contribution in [0.4, 0.5) is 0 Å². The fourth-order valence-corrected chi connectivity index (χ4v) is 3.29. The third-order valence-electron chi connectivity index (χ3n) is 3.73. The van der Waals surface area contributed by atoms with E-state index in [1.54, 1.807) is 12.4 Å². The van der Waals surface area contributed by atoms with E-state index in [4.69, 9.17) is 0 Å². The van der Waals surface area contributed by atoms with Crippen LogP contribution < -0.4 is 4.80 Å². The van der Waals surface area contributed by atoms with E-state index in [9.17, 15) is 4.79 Å². The number of hydrogen-bond donors (Lipinski definition) is 1. The van der Waals surface area contributed by atoms with Crippen molar-refractivity contribution in [1.82, 2.24) is 14.5 Å². The highest BCUT2D eigenvalue weighted by Gasteiger charge is 2.12. The fourth-order valence-electron chi connectivity index (χ4n) is 2.57. The molecule has 3 heterocycles. The second-order valence-corrected chi connectivity index (χ2v) is 6.19. The van der Waals surface area contributed by atoms with E-state index < -0.39 is 0 Å². The molecule has 4 aromatic rings. The van der Waals surface area contributed by atoms with Gasteiger partial charge >= 0.3 is 0 Å². The van der Waals surface area contributed by atoms with Gasteiger partial charge in [-0.3, -0.25) is 4.79 Å². The van der Waals surface area contributed by atoms with E-state index in [1.165, 1.54) is 16.9 Å². The average Bonchev–Trinajstić information content (AvgIpc) is 3.23. The molecule has 0 saturated carbocycles. The topological polar surface area (TPSA) is 63.0 Å². The van der Waals surface area contributed by atoms with E-state index in [1.807, 2.05) is 46.5 Å². The highest BCUT2D eigenvalue weighted by molar-refractivity contribution is 7.07. The van der Waals surface area contributed by atoms with Gasteiger partial charge < -0.3 is 9.55 Å². The first-order valence-electron chi connectivity index (χ1n) is 7.50. The molecule has 0 saturated heterocycles. The number of carbonyl (C=O) groups is 1. The number of H-pyrrole nitrogens is 1. The molecular formula is C18H14N4OS. The Bertz CT molecular complexity index is 1060.